The number of aromatic nitrogens is 2. The van der Waals surface area contributed by atoms with E-state index in [1.165, 1.54) is 16.8 Å². The first-order valence-electron chi connectivity index (χ1n) is 6.94. The second kappa shape index (κ2) is 6.57. The minimum Gasteiger partial charge on any atom is -0.497 e. The van der Waals surface area contributed by atoms with Crippen LogP contribution in [0.25, 0.3) is 0 Å². The molecule has 0 saturated carbocycles. The van der Waals surface area contributed by atoms with Gasteiger partial charge in [-0.15, -0.1) is 0 Å². The number of nitrogens with zero attached hydrogens (tertiary/aromatic N) is 2. The first-order valence-corrected chi connectivity index (χ1v) is 6.94. The molecule has 1 aromatic carbocycles. The van der Waals surface area contributed by atoms with E-state index in [0.717, 1.165) is 18.7 Å². The molecule has 1 heterocycles. The molecule has 0 aliphatic rings. The molecule has 108 valence electrons. The van der Waals surface area contributed by atoms with Gasteiger partial charge in [-0.2, -0.15) is 5.10 Å². The van der Waals surface area contributed by atoms with Crippen LogP contribution in [0, 0.1) is 6.92 Å². The first-order chi connectivity index (χ1) is 9.60. The van der Waals surface area contributed by atoms with Gasteiger partial charge in [0.25, 0.3) is 0 Å². The van der Waals surface area contributed by atoms with Gasteiger partial charge in [0.1, 0.15) is 5.75 Å². The number of rotatable bonds is 6. The highest BCUT2D eigenvalue weighted by atomic mass is 16.5. The Labute approximate surface area is 120 Å². The SMILES string of the molecule is COc1ccc(CC(C)NCc2cnn(C)c2C)cc1. The summed E-state index contributed by atoms with van der Waals surface area (Å²) in [5.41, 5.74) is 3.79. The van der Waals surface area contributed by atoms with Gasteiger partial charge in [-0.25, -0.2) is 0 Å². The Balaban J connectivity index is 1.85. The molecule has 1 unspecified atom stereocenters. The van der Waals surface area contributed by atoms with Crippen molar-refractivity contribution in [1.82, 2.24) is 15.1 Å². The summed E-state index contributed by atoms with van der Waals surface area (Å²) >= 11 is 0. The molecule has 0 fully saturated rings. The van der Waals surface area contributed by atoms with Crippen LogP contribution in [0.2, 0.25) is 0 Å². The number of methoxy groups -OCH3 is 1. The summed E-state index contributed by atoms with van der Waals surface area (Å²) in [5, 5.41) is 7.81. The lowest BCUT2D eigenvalue weighted by atomic mass is 10.1. The van der Waals surface area contributed by atoms with Crippen LogP contribution in [-0.2, 0) is 20.0 Å². The second-order valence-corrected chi connectivity index (χ2v) is 5.21. The van der Waals surface area contributed by atoms with Crippen LogP contribution >= 0.6 is 0 Å². The van der Waals surface area contributed by atoms with Gasteiger partial charge < -0.3 is 10.1 Å². The van der Waals surface area contributed by atoms with Crippen LogP contribution < -0.4 is 10.1 Å². The zero-order valence-corrected chi connectivity index (χ0v) is 12.7. The summed E-state index contributed by atoms with van der Waals surface area (Å²) in [7, 11) is 3.66. The van der Waals surface area contributed by atoms with Crippen molar-refractivity contribution in [2.24, 2.45) is 7.05 Å². The maximum Gasteiger partial charge on any atom is 0.118 e. The lowest BCUT2D eigenvalue weighted by molar-refractivity contribution is 0.414. The smallest absolute Gasteiger partial charge is 0.118 e. The lowest BCUT2D eigenvalue weighted by Crippen LogP contribution is -2.27. The van der Waals surface area contributed by atoms with Gasteiger partial charge in [-0.05, 0) is 38.0 Å². The fraction of sp³-hybridized carbons (Fsp3) is 0.438. The van der Waals surface area contributed by atoms with E-state index >= 15 is 0 Å². The molecule has 0 aliphatic heterocycles. The Bertz CT molecular complexity index is 545. The lowest BCUT2D eigenvalue weighted by Gasteiger charge is -2.14. The second-order valence-electron chi connectivity index (χ2n) is 5.21. The monoisotopic (exact) mass is 273 g/mol. The van der Waals surface area contributed by atoms with Gasteiger partial charge >= 0.3 is 0 Å². The van der Waals surface area contributed by atoms with Gasteiger partial charge in [-0.3, -0.25) is 4.68 Å². The highest BCUT2D eigenvalue weighted by molar-refractivity contribution is 5.27. The largest absolute Gasteiger partial charge is 0.497 e. The molecule has 1 aromatic heterocycles. The molecule has 20 heavy (non-hydrogen) atoms. The molecule has 0 bridgehead atoms. The zero-order chi connectivity index (χ0) is 14.5. The Hall–Kier alpha value is -1.81. The van der Waals surface area contributed by atoms with E-state index in [2.05, 4.69) is 36.4 Å². The summed E-state index contributed by atoms with van der Waals surface area (Å²) in [6.45, 7) is 5.16. The van der Waals surface area contributed by atoms with Crippen molar-refractivity contribution in [3.63, 3.8) is 0 Å². The molecule has 2 rings (SSSR count). The predicted molar refractivity (Wildman–Crippen MR) is 80.9 cm³/mol. The van der Waals surface area contributed by atoms with Crippen LogP contribution in [-0.4, -0.2) is 22.9 Å². The third kappa shape index (κ3) is 3.61. The number of ether oxygens (including phenoxy) is 1. The van der Waals surface area contributed by atoms with Crippen LogP contribution in [0.3, 0.4) is 0 Å². The Kier molecular flexibility index (Phi) is 4.79. The summed E-state index contributed by atoms with van der Waals surface area (Å²) in [5.74, 6) is 0.903. The number of aryl methyl sites for hydroxylation is 1. The number of nitrogens with one attached hydrogen (secondary N) is 1. The molecule has 1 N–H and O–H groups in total. The fourth-order valence-electron chi connectivity index (χ4n) is 2.19. The van der Waals surface area contributed by atoms with Crippen molar-refractivity contribution in [3.05, 3.63) is 47.3 Å². The molecule has 4 nitrogen and oxygen atoms in total. The number of hydrogen-bond donors (Lipinski definition) is 1. The molecule has 1 atom stereocenters. The van der Waals surface area contributed by atoms with Crippen molar-refractivity contribution >= 4 is 0 Å². The van der Waals surface area contributed by atoms with Crippen LogP contribution in [0.1, 0.15) is 23.7 Å². The molecule has 2 aromatic rings. The third-order valence-electron chi connectivity index (χ3n) is 3.68. The topological polar surface area (TPSA) is 39.1 Å². The van der Waals surface area contributed by atoms with E-state index in [4.69, 9.17) is 4.74 Å². The minimum absolute atomic E-state index is 0.419. The van der Waals surface area contributed by atoms with Crippen molar-refractivity contribution in [3.8, 4) is 5.75 Å². The number of hydrogen-bond acceptors (Lipinski definition) is 3. The molecule has 0 radical (unpaired) electrons. The maximum absolute atomic E-state index is 5.17. The Morgan fingerprint density at radius 2 is 2.00 bits per heavy atom. The quantitative estimate of drug-likeness (QED) is 0.878. The van der Waals surface area contributed by atoms with E-state index in [-0.39, 0.29) is 0 Å². The van der Waals surface area contributed by atoms with Crippen LogP contribution in [0.5, 0.6) is 5.75 Å². The van der Waals surface area contributed by atoms with Gasteiger partial charge in [-0.1, -0.05) is 12.1 Å². The molecule has 0 spiro atoms. The summed E-state index contributed by atoms with van der Waals surface area (Å²) in [6.07, 6.45) is 2.94. The average Bonchev–Trinajstić information content (AvgIpc) is 2.77. The van der Waals surface area contributed by atoms with Crippen LogP contribution in [0.15, 0.2) is 30.5 Å². The van der Waals surface area contributed by atoms with E-state index < -0.39 is 0 Å². The standard InChI is InChI=1S/C16H23N3O/c1-12(9-14-5-7-16(20-4)8-6-14)17-10-15-11-18-19(3)13(15)2/h5-8,11-12,17H,9-10H2,1-4H3. The number of benzene rings is 1. The molecular formula is C16H23N3O. The van der Waals surface area contributed by atoms with Crippen molar-refractivity contribution in [2.75, 3.05) is 7.11 Å². The maximum atomic E-state index is 5.17. The van der Waals surface area contributed by atoms with E-state index in [0.29, 0.717) is 6.04 Å². The Morgan fingerprint density at radius 3 is 2.55 bits per heavy atom. The minimum atomic E-state index is 0.419. The van der Waals surface area contributed by atoms with Gasteiger partial charge in [0.2, 0.25) is 0 Å². The summed E-state index contributed by atoms with van der Waals surface area (Å²) in [6, 6.07) is 8.67. The Morgan fingerprint density at radius 1 is 1.30 bits per heavy atom. The first kappa shape index (κ1) is 14.6. The molecule has 0 aliphatic carbocycles. The van der Waals surface area contributed by atoms with Gasteiger partial charge in [0.15, 0.2) is 0 Å². The summed E-state index contributed by atoms with van der Waals surface area (Å²) < 4.78 is 7.08. The van der Waals surface area contributed by atoms with Gasteiger partial charge in [0, 0.05) is 30.9 Å². The van der Waals surface area contributed by atoms with E-state index in [1.807, 2.05) is 30.1 Å². The fourth-order valence-corrected chi connectivity index (χ4v) is 2.19. The van der Waals surface area contributed by atoms with Crippen molar-refractivity contribution in [1.29, 1.82) is 0 Å². The normalized spacial score (nSPS) is 12.4. The zero-order valence-electron chi connectivity index (χ0n) is 12.7. The highest BCUT2D eigenvalue weighted by Gasteiger charge is 2.07. The van der Waals surface area contributed by atoms with Crippen LogP contribution in [0.4, 0.5) is 0 Å². The van der Waals surface area contributed by atoms with Crippen molar-refractivity contribution in [2.45, 2.75) is 32.9 Å². The van der Waals surface area contributed by atoms with Crippen molar-refractivity contribution < 1.29 is 4.74 Å². The predicted octanol–water partition coefficient (Wildman–Crippen LogP) is 2.46. The van der Waals surface area contributed by atoms with Gasteiger partial charge in [0.05, 0.1) is 13.3 Å². The van der Waals surface area contributed by atoms with E-state index in [1.54, 1.807) is 7.11 Å². The molecule has 0 amide bonds. The highest BCUT2D eigenvalue weighted by Crippen LogP contribution is 2.13. The molecule has 0 saturated heterocycles. The average molecular weight is 273 g/mol. The molecule has 4 heteroatoms. The van der Waals surface area contributed by atoms with E-state index in [9.17, 15) is 0 Å². The third-order valence-corrected chi connectivity index (χ3v) is 3.68. The summed E-state index contributed by atoms with van der Waals surface area (Å²) in [4.78, 5) is 0. The molecular weight excluding hydrogens is 250 g/mol.